The van der Waals surface area contributed by atoms with Crippen molar-refractivity contribution in [3.63, 3.8) is 0 Å². The second-order valence-corrected chi connectivity index (χ2v) is 7.35. The second-order valence-electron chi connectivity index (χ2n) is 7.35. The molecule has 2 aromatic carbocycles. The standard InChI is InChI=1S/C21H26N3O2/c1-24(14-16-26-17-15-24)13-7-12-22-21(25)19-10-5-6-11-20(19)23(22)18-8-3-2-4-9-18/h2-6,8-11H,7,12-17H2,1H3/q+1. The summed E-state index contributed by atoms with van der Waals surface area (Å²) in [4.78, 5) is 13.0. The highest BCUT2D eigenvalue weighted by Gasteiger charge is 2.25. The van der Waals surface area contributed by atoms with Gasteiger partial charge in [-0.15, -0.1) is 0 Å². The molecule has 5 heteroatoms. The third-order valence-corrected chi connectivity index (χ3v) is 5.46. The van der Waals surface area contributed by atoms with Gasteiger partial charge in [0.05, 0.1) is 43.4 Å². The lowest BCUT2D eigenvalue weighted by molar-refractivity contribution is -0.917. The van der Waals surface area contributed by atoms with Crippen molar-refractivity contribution >= 4 is 10.9 Å². The summed E-state index contributed by atoms with van der Waals surface area (Å²) in [6.45, 7) is 5.55. The van der Waals surface area contributed by atoms with Crippen LogP contribution in [-0.4, -0.2) is 53.7 Å². The van der Waals surface area contributed by atoms with Gasteiger partial charge in [-0.05, 0) is 24.3 Å². The molecule has 0 unspecified atom stereocenters. The van der Waals surface area contributed by atoms with E-state index in [4.69, 9.17) is 4.74 Å². The third kappa shape index (κ3) is 3.20. The molecule has 0 amide bonds. The molecule has 1 fully saturated rings. The number of hydrogen-bond acceptors (Lipinski definition) is 2. The first kappa shape index (κ1) is 17.1. The minimum absolute atomic E-state index is 0.0917. The molecule has 26 heavy (non-hydrogen) atoms. The van der Waals surface area contributed by atoms with Crippen molar-refractivity contribution in [3.05, 3.63) is 65.0 Å². The van der Waals surface area contributed by atoms with Gasteiger partial charge in [0.25, 0.3) is 5.56 Å². The Hall–Kier alpha value is -2.37. The predicted octanol–water partition coefficient (Wildman–Crippen LogP) is 2.66. The van der Waals surface area contributed by atoms with Crippen LogP contribution in [0, 0.1) is 0 Å². The topological polar surface area (TPSA) is 36.2 Å². The molecule has 0 aliphatic carbocycles. The first-order valence-corrected chi connectivity index (χ1v) is 9.35. The minimum atomic E-state index is 0.0917. The average Bonchev–Trinajstić information content (AvgIpc) is 2.95. The van der Waals surface area contributed by atoms with Crippen LogP contribution in [0.1, 0.15) is 6.42 Å². The van der Waals surface area contributed by atoms with Crippen molar-refractivity contribution in [2.24, 2.45) is 0 Å². The van der Waals surface area contributed by atoms with Crippen LogP contribution < -0.4 is 5.56 Å². The molecule has 0 spiro atoms. The van der Waals surface area contributed by atoms with Crippen LogP contribution in [0.3, 0.4) is 0 Å². The Balaban J connectivity index is 1.66. The van der Waals surface area contributed by atoms with E-state index in [0.29, 0.717) is 0 Å². The van der Waals surface area contributed by atoms with Crippen molar-refractivity contribution in [2.45, 2.75) is 13.0 Å². The van der Waals surface area contributed by atoms with E-state index in [9.17, 15) is 4.79 Å². The number of para-hydroxylation sites is 2. The lowest BCUT2D eigenvalue weighted by Crippen LogP contribution is -2.52. The van der Waals surface area contributed by atoms with Gasteiger partial charge in [-0.25, -0.2) is 4.68 Å². The molecule has 5 nitrogen and oxygen atoms in total. The number of morpholine rings is 1. The lowest BCUT2D eigenvalue weighted by Gasteiger charge is -2.37. The summed E-state index contributed by atoms with van der Waals surface area (Å²) in [7, 11) is 2.29. The number of likely N-dealkylation sites (N-methyl/N-ethyl adjacent to an activating group) is 1. The number of aromatic nitrogens is 2. The van der Waals surface area contributed by atoms with E-state index in [1.54, 1.807) is 0 Å². The van der Waals surface area contributed by atoms with Gasteiger partial charge in [-0.1, -0.05) is 30.3 Å². The van der Waals surface area contributed by atoms with Crippen LogP contribution in [-0.2, 0) is 11.3 Å². The van der Waals surface area contributed by atoms with Crippen molar-refractivity contribution < 1.29 is 9.22 Å². The fourth-order valence-electron chi connectivity index (χ4n) is 3.86. The molecule has 136 valence electrons. The van der Waals surface area contributed by atoms with E-state index in [2.05, 4.69) is 23.9 Å². The summed E-state index contributed by atoms with van der Waals surface area (Å²) in [5.41, 5.74) is 2.09. The molecule has 0 radical (unpaired) electrons. The maximum atomic E-state index is 13.0. The second kappa shape index (κ2) is 7.09. The lowest BCUT2D eigenvalue weighted by atomic mass is 10.2. The van der Waals surface area contributed by atoms with Gasteiger partial charge in [0.1, 0.15) is 13.1 Å². The highest BCUT2D eigenvalue weighted by Crippen LogP contribution is 2.18. The van der Waals surface area contributed by atoms with Crippen LogP contribution >= 0.6 is 0 Å². The number of benzene rings is 2. The molecular weight excluding hydrogens is 326 g/mol. The van der Waals surface area contributed by atoms with E-state index in [0.717, 1.165) is 66.9 Å². The minimum Gasteiger partial charge on any atom is -0.370 e. The Labute approximate surface area is 153 Å². The van der Waals surface area contributed by atoms with Crippen LogP contribution in [0.2, 0.25) is 0 Å². The summed E-state index contributed by atoms with van der Waals surface area (Å²) in [5.74, 6) is 0. The van der Waals surface area contributed by atoms with Crippen molar-refractivity contribution in [1.82, 2.24) is 9.36 Å². The fraction of sp³-hybridized carbons (Fsp3) is 0.381. The normalized spacial score (nSPS) is 16.8. The van der Waals surface area contributed by atoms with E-state index in [1.807, 2.05) is 47.1 Å². The summed E-state index contributed by atoms with van der Waals surface area (Å²) in [5, 5.41) is 0.781. The third-order valence-electron chi connectivity index (χ3n) is 5.46. The molecule has 2 heterocycles. The van der Waals surface area contributed by atoms with Crippen LogP contribution in [0.15, 0.2) is 59.4 Å². The quantitative estimate of drug-likeness (QED) is 0.662. The maximum absolute atomic E-state index is 13.0. The summed E-state index contributed by atoms with van der Waals surface area (Å²) < 4.78 is 10.5. The zero-order chi connectivity index (χ0) is 18.0. The molecule has 1 aliphatic heterocycles. The Bertz CT molecular complexity index is 937. The molecule has 0 bridgehead atoms. The van der Waals surface area contributed by atoms with Gasteiger partial charge in [-0.2, -0.15) is 0 Å². The molecule has 4 rings (SSSR count). The maximum Gasteiger partial charge on any atom is 0.274 e. The summed E-state index contributed by atoms with van der Waals surface area (Å²) in [6, 6.07) is 18.0. The van der Waals surface area contributed by atoms with Gasteiger partial charge < -0.3 is 9.22 Å². The number of nitrogens with zero attached hydrogens (tertiary/aromatic N) is 3. The fourth-order valence-corrected chi connectivity index (χ4v) is 3.86. The molecule has 0 saturated carbocycles. The molecule has 3 aromatic rings. The van der Waals surface area contributed by atoms with Crippen molar-refractivity contribution in [3.8, 4) is 5.69 Å². The molecule has 1 aliphatic rings. The SMILES string of the molecule is C[N+]1(CCCn2c(=O)c3ccccc3n2-c2ccccc2)CCOCC1. The number of quaternary nitrogens is 1. The average molecular weight is 352 g/mol. The van der Waals surface area contributed by atoms with Gasteiger partial charge in [0.2, 0.25) is 0 Å². The van der Waals surface area contributed by atoms with Gasteiger partial charge in [-0.3, -0.25) is 9.48 Å². The molecule has 0 N–H and O–H groups in total. The van der Waals surface area contributed by atoms with Gasteiger partial charge in [0.15, 0.2) is 0 Å². The zero-order valence-electron chi connectivity index (χ0n) is 15.3. The van der Waals surface area contributed by atoms with Gasteiger partial charge >= 0.3 is 0 Å². The first-order chi connectivity index (χ1) is 12.7. The van der Waals surface area contributed by atoms with E-state index in [-0.39, 0.29) is 5.56 Å². The van der Waals surface area contributed by atoms with E-state index < -0.39 is 0 Å². The number of hydrogen-bond donors (Lipinski definition) is 0. The van der Waals surface area contributed by atoms with E-state index in [1.165, 1.54) is 0 Å². The smallest absolute Gasteiger partial charge is 0.274 e. The van der Waals surface area contributed by atoms with Crippen LogP contribution in [0.5, 0.6) is 0 Å². The van der Waals surface area contributed by atoms with Crippen molar-refractivity contribution in [1.29, 1.82) is 0 Å². The summed E-state index contributed by atoms with van der Waals surface area (Å²) in [6.07, 6.45) is 0.972. The zero-order valence-corrected chi connectivity index (χ0v) is 15.3. The van der Waals surface area contributed by atoms with Crippen LogP contribution in [0.4, 0.5) is 0 Å². The van der Waals surface area contributed by atoms with E-state index >= 15 is 0 Å². The van der Waals surface area contributed by atoms with Crippen molar-refractivity contribution in [2.75, 3.05) is 39.9 Å². The number of rotatable bonds is 5. The molecule has 1 saturated heterocycles. The van der Waals surface area contributed by atoms with Gasteiger partial charge in [0, 0.05) is 13.0 Å². The molecular formula is C21H26N3O2+. The monoisotopic (exact) mass is 352 g/mol. The highest BCUT2D eigenvalue weighted by atomic mass is 16.5. The summed E-state index contributed by atoms with van der Waals surface area (Å²) >= 11 is 0. The highest BCUT2D eigenvalue weighted by molar-refractivity contribution is 5.80. The predicted molar refractivity (Wildman–Crippen MR) is 104 cm³/mol. The Morgan fingerprint density at radius 2 is 1.69 bits per heavy atom. The Kier molecular flexibility index (Phi) is 4.66. The number of ether oxygens (including phenoxy) is 1. The molecule has 0 atom stereocenters. The Morgan fingerprint density at radius 3 is 2.46 bits per heavy atom. The Morgan fingerprint density at radius 1 is 1.00 bits per heavy atom. The number of fused-ring (bicyclic) bond motifs is 1. The van der Waals surface area contributed by atoms with Crippen LogP contribution in [0.25, 0.3) is 16.6 Å². The first-order valence-electron chi connectivity index (χ1n) is 9.35. The largest absolute Gasteiger partial charge is 0.370 e. The molecule has 1 aromatic heterocycles.